The van der Waals surface area contributed by atoms with Gasteiger partial charge in [-0.1, -0.05) is 19.3 Å². The van der Waals surface area contributed by atoms with Crippen molar-refractivity contribution < 1.29 is 0 Å². The normalized spacial score (nSPS) is 21.5. The van der Waals surface area contributed by atoms with Gasteiger partial charge in [0.15, 0.2) is 0 Å². The Hall–Kier alpha value is -1.59. The third-order valence-corrected chi connectivity index (χ3v) is 4.74. The number of nitrogens with two attached hydrogens (primary N) is 1. The van der Waals surface area contributed by atoms with E-state index in [1.807, 2.05) is 0 Å². The van der Waals surface area contributed by atoms with E-state index in [0.29, 0.717) is 23.9 Å². The molecule has 1 saturated carbocycles. The molecule has 2 heterocycles. The van der Waals surface area contributed by atoms with E-state index >= 15 is 0 Å². The Labute approximate surface area is 126 Å². The van der Waals surface area contributed by atoms with Crippen molar-refractivity contribution in [3.8, 4) is 0 Å². The zero-order valence-corrected chi connectivity index (χ0v) is 12.9. The number of nitrogens with one attached hydrogen (secondary N) is 1. The lowest BCUT2D eigenvalue weighted by molar-refractivity contribution is 0.327. The number of hydrogen-bond donors (Lipinski definition) is 2. The molecule has 1 unspecified atom stereocenters. The van der Waals surface area contributed by atoms with Crippen LogP contribution in [0.1, 0.15) is 51.9 Å². The minimum absolute atomic E-state index is 0.310. The highest BCUT2D eigenvalue weighted by atomic mass is 15.3. The number of aromatic nitrogens is 3. The first-order chi connectivity index (χ1) is 10.2. The molecule has 116 valence electrons. The predicted molar refractivity (Wildman–Crippen MR) is 85.3 cm³/mol. The predicted octanol–water partition coefficient (Wildman–Crippen LogP) is 2.43. The molecule has 1 atom stereocenters. The van der Waals surface area contributed by atoms with Gasteiger partial charge in [0.05, 0.1) is 0 Å². The van der Waals surface area contributed by atoms with Gasteiger partial charge in [-0.05, 0) is 38.5 Å². The summed E-state index contributed by atoms with van der Waals surface area (Å²) < 4.78 is 0. The Morgan fingerprint density at radius 1 is 1.05 bits per heavy atom. The average molecular weight is 290 g/mol. The first kappa shape index (κ1) is 14.4. The van der Waals surface area contributed by atoms with Gasteiger partial charge in [-0.25, -0.2) is 0 Å². The fraction of sp³-hybridized carbons (Fsp3) is 0.800. The van der Waals surface area contributed by atoms with Crippen LogP contribution in [0, 0.1) is 5.92 Å². The minimum atomic E-state index is 0.310. The maximum absolute atomic E-state index is 5.85. The summed E-state index contributed by atoms with van der Waals surface area (Å²) in [6.07, 6.45) is 9.06. The number of hydrogen-bond acceptors (Lipinski definition) is 6. The van der Waals surface area contributed by atoms with Crippen molar-refractivity contribution in [3.05, 3.63) is 0 Å². The van der Waals surface area contributed by atoms with Crippen LogP contribution in [0.25, 0.3) is 0 Å². The first-order valence-electron chi connectivity index (χ1n) is 8.25. The van der Waals surface area contributed by atoms with E-state index in [1.54, 1.807) is 0 Å². The molecule has 0 spiro atoms. The highest BCUT2D eigenvalue weighted by Crippen LogP contribution is 2.28. The molecule has 1 saturated heterocycles. The van der Waals surface area contributed by atoms with E-state index in [0.717, 1.165) is 19.0 Å². The summed E-state index contributed by atoms with van der Waals surface area (Å²) in [6.45, 7) is 4.26. The van der Waals surface area contributed by atoms with Gasteiger partial charge in [0.25, 0.3) is 0 Å². The van der Waals surface area contributed by atoms with E-state index in [1.165, 1.54) is 44.9 Å². The molecule has 1 aromatic heterocycles. The first-order valence-corrected chi connectivity index (χ1v) is 8.25. The molecule has 21 heavy (non-hydrogen) atoms. The fourth-order valence-corrected chi connectivity index (χ4v) is 3.46. The average Bonchev–Trinajstić information content (AvgIpc) is 3.02. The second-order valence-electron chi connectivity index (χ2n) is 6.34. The Morgan fingerprint density at radius 2 is 1.76 bits per heavy atom. The second kappa shape index (κ2) is 6.45. The summed E-state index contributed by atoms with van der Waals surface area (Å²) >= 11 is 0. The summed E-state index contributed by atoms with van der Waals surface area (Å²) in [5.74, 6) is 2.37. The maximum atomic E-state index is 5.85. The van der Waals surface area contributed by atoms with Crippen molar-refractivity contribution in [2.75, 3.05) is 29.0 Å². The molecule has 2 aliphatic rings. The van der Waals surface area contributed by atoms with Crippen molar-refractivity contribution >= 4 is 17.8 Å². The third kappa shape index (κ3) is 3.54. The minimum Gasteiger partial charge on any atom is -0.368 e. The molecule has 0 radical (unpaired) electrons. The third-order valence-electron chi connectivity index (χ3n) is 4.74. The van der Waals surface area contributed by atoms with E-state index in [4.69, 9.17) is 5.73 Å². The summed E-state index contributed by atoms with van der Waals surface area (Å²) in [5.41, 5.74) is 5.85. The summed E-state index contributed by atoms with van der Waals surface area (Å²) in [6, 6.07) is 0.388. The Bertz CT molecular complexity index is 465. The van der Waals surface area contributed by atoms with Crippen LogP contribution in [0.5, 0.6) is 0 Å². The molecule has 1 aromatic rings. The van der Waals surface area contributed by atoms with E-state index in [2.05, 4.69) is 32.1 Å². The zero-order valence-electron chi connectivity index (χ0n) is 12.9. The van der Waals surface area contributed by atoms with Gasteiger partial charge in [-0.15, -0.1) is 0 Å². The Kier molecular flexibility index (Phi) is 4.41. The van der Waals surface area contributed by atoms with Gasteiger partial charge in [0, 0.05) is 19.1 Å². The van der Waals surface area contributed by atoms with Crippen LogP contribution < -0.4 is 16.0 Å². The van der Waals surface area contributed by atoms with Crippen molar-refractivity contribution in [2.24, 2.45) is 5.92 Å². The van der Waals surface area contributed by atoms with Gasteiger partial charge in [0.2, 0.25) is 17.8 Å². The van der Waals surface area contributed by atoms with E-state index in [-0.39, 0.29) is 0 Å². The van der Waals surface area contributed by atoms with Crippen LogP contribution in [0.4, 0.5) is 17.8 Å². The van der Waals surface area contributed by atoms with Crippen molar-refractivity contribution in [1.29, 1.82) is 0 Å². The van der Waals surface area contributed by atoms with Crippen molar-refractivity contribution in [3.63, 3.8) is 0 Å². The Morgan fingerprint density at radius 3 is 2.48 bits per heavy atom. The lowest BCUT2D eigenvalue weighted by Gasteiger charge is -2.28. The lowest BCUT2D eigenvalue weighted by atomic mass is 9.85. The van der Waals surface area contributed by atoms with E-state index < -0.39 is 0 Å². The molecule has 6 heteroatoms. The van der Waals surface area contributed by atoms with Gasteiger partial charge in [-0.3, -0.25) is 0 Å². The number of nitrogens with zero attached hydrogens (tertiary/aromatic N) is 4. The molecule has 1 aliphatic carbocycles. The molecule has 0 bridgehead atoms. The molecule has 3 rings (SSSR count). The van der Waals surface area contributed by atoms with Crippen molar-refractivity contribution in [1.82, 2.24) is 15.0 Å². The number of anilines is 3. The van der Waals surface area contributed by atoms with Crippen LogP contribution in [0.2, 0.25) is 0 Å². The summed E-state index contributed by atoms with van der Waals surface area (Å²) in [7, 11) is 0. The SMILES string of the molecule is CC(Nc1nc(N)nc(N2CCCC2)n1)C1CCCCC1. The van der Waals surface area contributed by atoms with Gasteiger partial charge < -0.3 is 16.0 Å². The quantitative estimate of drug-likeness (QED) is 0.886. The summed E-state index contributed by atoms with van der Waals surface area (Å²) in [5, 5.41) is 3.45. The molecule has 2 fully saturated rings. The Balaban J connectivity index is 1.69. The number of nitrogen functional groups attached to an aromatic ring is 1. The van der Waals surface area contributed by atoms with Crippen LogP contribution in [0.15, 0.2) is 0 Å². The van der Waals surface area contributed by atoms with Gasteiger partial charge in [0.1, 0.15) is 0 Å². The molecule has 3 N–H and O–H groups in total. The second-order valence-corrected chi connectivity index (χ2v) is 6.34. The monoisotopic (exact) mass is 290 g/mol. The van der Waals surface area contributed by atoms with E-state index in [9.17, 15) is 0 Å². The largest absolute Gasteiger partial charge is 0.368 e. The molecule has 0 amide bonds. The molecule has 0 aromatic carbocycles. The molecular weight excluding hydrogens is 264 g/mol. The zero-order chi connectivity index (χ0) is 14.7. The lowest BCUT2D eigenvalue weighted by Crippen LogP contribution is -2.29. The number of rotatable bonds is 4. The summed E-state index contributed by atoms with van der Waals surface area (Å²) in [4.78, 5) is 15.3. The fourth-order valence-electron chi connectivity index (χ4n) is 3.46. The molecular formula is C15H26N6. The highest BCUT2D eigenvalue weighted by Gasteiger charge is 2.22. The van der Waals surface area contributed by atoms with Crippen LogP contribution >= 0.6 is 0 Å². The molecule has 6 nitrogen and oxygen atoms in total. The standard InChI is InChI=1S/C15H26N6/c1-11(12-7-3-2-4-8-12)17-14-18-13(16)19-15(20-14)21-9-5-6-10-21/h11-12H,2-10H2,1H3,(H3,16,17,18,19,20). The van der Waals surface area contributed by atoms with Crippen molar-refractivity contribution in [2.45, 2.75) is 57.9 Å². The van der Waals surface area contributed by atoms with Crippen LogP contribution in [-0.2, 0) is 0 Å². The van der Waals surface area contributed by atoms with Crippen LogP contribution in [0.3, 0.4) is 0 Å². The van der Waals surface area contributed by atoms with Gasteiger partial charge in [-0.2, -0.15) is 15.0 Å². The topological polar surface area (TPSA) is 80.0 Å². The smallest absolute Gasteiger partial charge is 0.231 e. The highest BCUT2D eigenvalue weighted by molar-refractivity contribution is 5.42. The maximum Gasteiger partial charge on any atom is 0.231 e. The van der Waals surface area contributed by atoms with Crippen LogP contribution in [-0.4, -0.2) is 34.1 Å². The molecule has 1 aliphatic heterocycles. The van der Waals surface area contributed by atoms with Gasteiger partial charge >= 0.3 is 0 Å².